The van der Waals surface area contributed by atoms with Crippen LogP contribution >= 0.6 is 0 Å². The third-order valence-corrected chi connectivity index (χ3v) is 3.19. The summed E-state index contributed by atoms with van der Waals surface area (Å²) in [6.45, 7) is 7.21. The van der Waals surface area contributed by atoms with Crippen molar-refractivity contribution >= 4 is 5.78 Å². The number of Topliss-reactive ketones (excluding diaryl/α,β-unsaturated/α-hetero) is 1. The van der Waals surface area contributed by atoms with Crippen LogP contribution < -0.4 is 0 Å². The molecule has 0 bridgehead atoms. The predicted molar refractivity (Wildman–Crippen MR) is 66.0 cm³/mol. The highest BCUT2D eigenvalue weighted by molar-refractivity contribution is 5.80. The van der Waals surface area contributed by atoms with Crippen molar-refractivity contribution in [3.8, 4) is 0 Å². The number of aliphatic hydroxyl groups excluding tert-OH is 2. The first-order valence-corrected chi connectivity index (χ1v) is 6.51. The molecular formula is C13H24O5. The molecule has 1 aliphatic rings. The van der Waals surface area contributed by atoms with Crippen LogP contribution in [0.3, 0.4) is 0 Å². The number of aliphatic hydroxyl groups is 2. The highest BCUT2D eigenvalue weighted by Gasteiger charge is 2.35. The fourth-order valence-corrected chi connectivity index (χ4v) is 1.86. The Labute approximate surface area is 108 Å². The number of ketones is 1. The Morgan fingerprint density at radius 2 is 1.94 bits per heavy atom. The summed E-state index contributed by atoms with van der Waals surface area (Å²) < 4.78 is 10.9. The molecule has 18 heavy (non-hydrogen) atoms. The van der Waals surface area contributed by atoms with Gasteiger partial charge in [0.1, 0.15) is 11.9 Å². The van der Waals surface area contributed by atoms with E-state index in [1.807, 2.05) is 13.8 Å². The Hall–Kier alpha value is -0.490. The van der Waals surface area contributed by atoms with Crippen LogP contribution in [0.1, 0.15) is 40.5 Å². The molecular weight excluding hydrogens is 236 g/mol. The minimum atomic E-state index is -0.854. The van der Waals surface area contributed by atoms with Crippen LogP contribution in [0, 0.1) is 5.92 Å². The second-order valence-electron chi connectivity index (χ2n) is 5.35. The Bertz CT molecular complexity index is 279. The fourth-order valence-electron chi connectivity index (χ4n) is 1.86. The summed E-state index contributed by atoms with van der Waals surface area (Å²) in [5.41, 5.74) is 0. The Morgan fingerprint density at radius 1 is 1.33 bits per heavy atom. The van der Waals surface area contributed by atoms with Gasteiger partial charge >= 0.3 is 0 Å². The topological polar surface area (TPSA) is 76.0 Å². The lowest BCUT2D eigenvalue weighted by atomic mass is 10.0. The lowest BCUT2D eigenvalue weighted by molar-refractivity contribution is -0.273. The van der Waals surface area contributed by atoms with E-state index in [1.54, 1.807) is 13.8 Å². The lowest BCUT2D eigenvalue weighted by Gasteiger charge is -2.36. The summed E-state index contributed by atoms with van der Waals surface area (Å²) in [6.07, 6.45) is -2.43. The highest BCUT2D eigenvalue weighted by Crippen LogP contribution is 2.22. The third-order valence-electron chi connectivity index (χ3n) is 3.19. The van der Waals surface area contributed by atoms with Gasteiger partial charge in [0.2, 0.25) is 0 Å². The van der Waals surface area contributed by atoms with Gasteiger partial charge in [-0.05, 0) is 13.8 Å². The van der Waals surface area contributed by atoms with Crippen molar-refractivity contribution in [3.63, 3.8) is 0 Å². The fraction of sp³-hybridized carbons (Fsp3) is 0.923. The van der Waals surface area contributed by atoms with Crippen molar-refractivity contribution in [2.24, 2.45) is 5.92 Å². The maximum Gasteiger partial charge on any atom is 0.184 e. The van der Waals surface area contributed by atoms with E-state index in [-0.39, 0.29) is 30.3 Å². The van der Waals surface area contributed by atoms with Gasteiger partial charge in [0, 0.05) is 18.8 Å². The molecule has 1 fully saturated rings. The van der Waals surface area contributed by atoms with Crippen LogP contribution in [0.4, 0.5) is 0 Å². The van der Waals surface area contributed by atoms with Crippen LogP contribution in [-0.2, 0) is 14.3 Å². The average Bonchev–Trinajstić information content (AvgIpc) is 2.25. The average molecular weight is 260 g/mol. The number of carbonyl (C=O) groups excluding carboxylic acids is 1. The standard InChI is InChI=1S/C13H24O5/c1-7(2)10(14)5-8(3)17-13-12(16)6-11(15)9(4)18-13/h7-9,11-13,15-16H,5-6H2,1-4H3/t8?,9-,11+,12+,13+/m0/s1. The quantitative estimate of drug-likeness (QED) is 0.767. The Balaban J connectivity index is 2.44. The molecule has 0 aromatic rings. The lowest BCUT2D eigenvalue weighted by Crippen LogP contribution is -2.48. The Kier molecular flexibility index (Phi) is 5.72. The zero-order chi connectivity index (χ0) is 13.9. The molecule has 1 aliphatic heterocycles. The number of ether oxygens (including phenoxy) is 2. The molecule has 0 amide bonds. The van der Waals surface area contributed by atoms with E-state index >= 15 is 0 Å². The van der Waals surface area contributed by atoms with Gasteiger partial charge in [0.15, 0.2) is 6.29 Å². The molecule has 0 aromatic carbocycles. The molecule has 5 heteroatoms. The van der Waals surface area contributed by atoms with E-state index < -0.39 is 18.5 Å². The number of hydrogen-bond donors (Lipinski definition) is 2. The van der Waals surface area contributed by atoms with Crippen LogP contribution in [0.2, 0.25) is 0 Å². The van der Waals surface area contributed by atoms with E-state index in [9.17, 15) is 15.0 Å². The first kappa shape index (κ1) is 15.6. The first-order chi connectivity index (χ1) is 8.31. The molecule has 0 aromatic heterocycles. The third kappa shape index (κ3) is 4.31. The second kappa shape index (κ2) is 6.61. The van der Waals surface area contributed by atoms with Crippen LogP contribution in [0.25, 0.3) is 0 Å². The van der Waals surface area contributed by atoms with Gasteiger partial charge in [0.05, 0.1) is 18.3 Å². The summed E-state index contributed by atoms with van der Waals surface area (Å²) in [7, 11) is 0. The summed E-state index contributed by atoms with van der Waals surface area (Å²) in [4.78, 5) is 11.6. The second-order valence-corrected chi connectivity index (χ2v) is 5.35. The Morgan fingerprint density at radius 3 is 2.50 bits per heavy atom. The predicted octanol–water partition coefficient (Wildman–Crippen LogP) is 0.863. The molecule has 1 heterocycles. The first-order valence-electron chi connectivity index (χ1n) is 6.51. The van der Waals surface area contributed by atoms with Crippen molar-refractivity contribution in [3.05, 3.63) is 0 Å². The highest BCUT2D eigenvalue weighted by atomic mass is 16.7. The number of carbonyl (C=O) groups is 1. The molecule has 0 radical (unpaired) electrons. The smallest absolute Gasteiger partial charge is 0.184 e. The molecule has 2 N–H and O–H groups in total. The molecule has 0 saturated carbocycles. The number of hydrogen-bond acceptors (Lipinski definition) is 5. The summed E-state index contributed by atoms with van der Waals surface area (Å²) in [5.74, 6) is 0.106. The van der Waals surface area contributed by atoms with Crippen molar-refractivity contribution in [1.82, 2.24) is 0 Å². The van der Waals surface area contributed by atoms with Gasteiger partial charge in [-0.25, -0.2) is 0 Å². The molecule has 5 atom stereocenters. The van der Waals surface area contributed by atoms with Crippen molar-refractivity contribution in [1.29, 1.82) is 0 Å². The monoisotopic (exact) mass is 260 g/mol. The van der Waals surface area contributed by atoms with E-state index in [0.29, 0.717) is 6.42 Å². The van der Waals surface area contributed by atoms with Crippen LogP contribution in [0.15, 0.2) is 0 Å². The van der Waals surface area contributed by atoms with Gasteiger partial charge in [-0.3, -0.25) is 4.79 Å². The van der Waals surface area contributed by atoms with Gasteiger partial charge in [0.25, 0.3) is 0 Å². The van der Waals surface area contributed by atoms with Gasteiger partial charge in [-0.2, -0.15) is 0 Å². The normalized spacial score (nSPS) is 34.6. The SMILES string of the molecule is CC(CC(=O)C(C)C)O[C@@H]1O[C@@H](C)[C@H](O)C[C@H]1O. The maximum atomic E-state index is 11.6. The maximum absolute atomic E-state index is 11.6. The van der Waals surface area contributed by atoms with Gasteiger partial charge in [-0.1, -0.05) is 13.8 Å². The molecule has 0 aliphatic carbocycles. The minimum absolute atomic E-state index is 0.0195. The molecule has 0 spiro atoms. The molecule has 5 nitrogen and oxygen atoms in total. The molecule has 1 unspecified atom stereocenters. The summed E-state index contributed by atoms with van der Waals surface area (Å²) in [6, 6.07) is 0. The minimum Gasteiger partial charge on any atom is -0.390 e. The zero-order valence-corrected chi connectivity index (χ0v) is 11.5. The zero-order valence-electron chi connectivity index (χ0n) is 11.5. The van der Waals surface area contributed by atoms with E-state index in [1.165, 1.54) is 0 Å². The molecule has 106 valence electrons. The summed E-state index contributed by atoms with van der Waals surface area (Å²) in [5, 5.41) is 19.3. The van der Waals surface area contributed by atoms with Crippen LogP contribution in [-0.4, -0.2) is 46.7 Å². The molecule has 1 saturated heterocycles. The van der Waals surface area contributed by atoms with Crippen molar-refractivity contribution in [2.75, 3.05) is 0 Å². The van der Waals surface area contributed by atoms with E-state index in [2.05, 4.69) is 0 Å². The molecule has 1 rings (SSSR count). The van der Waals surface area contributed by atoms with E-state index in [0.717, 1.165) is 0 Å². The summed E-state index contributed by atoms with van der Waals surface area (Å²) >= 11 is 0. The largest absolute Gasteiger partial charge is 0.390 e. The number of rotatable bonds is 5. The van der Waals surface area contributed by atoms with E-state index in [4.69, 9.17) is 9.47 Å². The van der Waals surface area contributed by atoms with Gasteiger partial charge in [-0.15, -0.1) is 0 Å². The van der Waals surface area contributed by atoms with Crippen LogP contribution in [0.5, 0.6) is 0 Å². The van der Waals surface area contributed by atoms with Gasteiger partial charge < -0.3 is 19.7 Å². The van der Waals surface area contributed by atoms with Crippen molar-refractivity contribution < 1.29 is 24.5 Å². The van der Waals surface area contributed by atoms with Crippen molar-refractivity contribution in [2.45, 2.75) is 71.2 Å².